The van der Waals surface area contributed by atoms with Crippen LogP contribution in [0, 0.1) is 5.92 Å². The molecule has 2 aromatic heterocycles. The first kappa shape index (κ1) is 17.3. The number of nitrogens with two attached hydrogens (primary N) is 1. The Morgan fingerprint density at radius 2 is 2.09 bits per heavy atom. The number of thiazole rings is 1. The number of anilines is 2. The van der Waals surface area contributed by atoms with Crippen molar-refractivity contribution in [2.24, 2.45) is 13.0 Å². The maximum absolute atomic E-state index is 12.5. The Balaban J connectivity index is 2.51. The van der Waals surface area contributed by atoms with Crippen molar-refractivity contribution >= 4 is 22.3 Å². The van der Waals surface area contributed by atoms with E-state index in [0.717, 1.165) is 22.7 Å². The van der Waals surface area contributed by atoms with Crippen LogP contribution >= 0.6 is 11.3 Å². The number of hydrogen-bond acceptors (Lipinski definition) is 6. The molecule has 0 amide bonds. The van der Waals surface area contributed by atoms with Crippen LogP contribution < -0.4 is 22.3 Å². The predicted octanol–water partition coefficient (Wildman–Crippen LogP) is 1.73. The van der Waals surface area contributed by atoms with Gasteiger partial charge in [-0.15, -0.1) is 11.3 Å². The van der Waals surface area contributed by atoms with Crippen LogP contribution in [-0.4, -0.2) is 20.7 Å². The maximum atomic E-state index is 12.5. The van der Waals surface area contributed by atoms with Gasteiger partial charge in [-0.2, -0.15) is 0 Å². The highest BCUT2D eigenvalue weighted by atomic mass is 32.1. The van der Waals surface area contributed by atoms with Crippen molar-refractivity contribution in [1.29, 1.82) is 0 Å². The summed E-state index contributed by atoms with van der Waals surface area (Å²) in [5.74, 6) is 0.674. The zero-order chi connectivity index (χ0) is 17.1. The lowest BCUT2D eigenvalue weighted by Crippen LogP contribution is -2.40. The van der Waals surface area contributed by atoms with Crippen LogP contribution in [0.2, 0.25) is 0 Å². The smallest absolute Gasteiger partial charge is 0.332 e. The fourth-order valence-corrected chi connectivity index (χ4v) is 2.94. The molecule has 0 aliphatic rings. The number of rotatable bonds is 6. The summed E-state index contributed by atoms with van der Waals surface area (Å²) in [4.78, 5) is 29.1. The van der Waals surface area contributed by atoms with Crippen molar-refractivity contribution in [2.45, 2.75) is 33.7 Å². The fourth-order valence-electron chi connectivity index (χ4n) is 2.22. The van der Waals surface area contributed by atoms with Gasteiger partial charge in [0.05, 0.1) is 5.69 Å². The molecule has 0 bridgehead atoms. The van der Waals surface area contributed by atoms with E-state index < -0.39 is 11.2 Å². The van der Waals surface area contributed by atoms with Crippen LogP contribution in [0.25, 0.3) is 11.3 Å². The molecule has 0 aliphatic heterocycles. The van der Waals surface area contributed by atoms with Crippen molar-refractivity contribution < 1.29 is 0 Å². The van der Waals surface area contributed by atoms with E-state index >= 15 is 0 Å². The van der Waals surface area contributed by atoms with E-state index in [9.17, 15) is 9.59 Å². The van der Waals surface area contributed by atoms with Crippen molar-refractivity contribution in [1.82, 2.24) is 14.1 Å². The van der Waals surface area contributed by atoms with E-state index in [-0.39, 0.29) is 11.4 Å². The van der Waals surface area contributed by atoms with Gasteiger partial charge in [-0.05, 0) is 12.3 Å². The molecule has 2 rings (SSSR count). The lowest BCUT2D eigenvalue weighted by molar-refractivity contribution is 0.600. The van der Waals surface area contributed by atoms with Gasteiger partial charge in [0.15, 0.2) is 5.13 Å². The Morgan fingerprint density at radius 1 is 1.39 bits per heavy atom. The summed E-state index contributed by atoms with van der Waals surface area (Å²) < 4.78 is 2.51. The van der Waals surface area contributed by atoms with Crippen molar-refractivity contribution in [3.05, 3.63) is 26.2 Å². The second-order valence-electron chi connectivity index (χ2n) is 5.87. The van der Waals surface area contributed by atoms with E-state index in [2.05, 4.69) is 24.1 Å². The summed E-state index contributed by atoms with van der Waals surface area (Å²) in [7, 11) is 1.46. The molecule has 0 radical (unpaired) electrons. The van der Waals surface area contributed by atoms with Gasteiger partial charge in [-0.25, -0.2) is 9.78 Å². The van der Waals surface area contributed by atoms with Crippen LogP contribution in [0.5, 0.6) is 0 Å². The molecule has 8 heteroatoms. The molecule has 2 aromatic rings. The summed E-state index contributed by atoms with van der Waals surface area (Å²) in [6, 6.07) is 0. The lowest BCUT2D eigenvalue weighted by atomic mass is 10.2. The zero-order valence-corrected chi connectivity index (χ0v) is 14.7. The first-order valence-electron chi connectivity index (χ1n) is 7.65. The Bertz CT molecular complexity index is 803. The van der Waals surface area contributed by atoms with Gasteiger partial charge in [0.2, 0.25) is 0 Å². The van der Waals surface area contributed by atoms with Crippen molar-refractivity contribution in [3.63, 3.8) is 0 Å². The highest BCUT2D eigenvalue weighted by Crippen LogP contribution is 2.26. The highest BCUT2D eigenvalue weighted by molar-refractivity contribution is 7.14. The molecule has 0 fully saturated rings. The standard InChI is InChI=1S/C15H23N5O2S/c1-5-6-20-12(16)11(13(21)19(4)15(20)22)10-8-23-14(18-10)17-7-9(2)3/h8-9H,5-7,16H2,1-4H3,(H,17,18). The Labute approximate surface area is 138 Å². The van der Waals surface area contributed by atoms with Crippen LogP contribution in [0.4, 0.5) is 10.9 Å². The SMILES string of the molecule is CCCn1c(N)c(-c2csc(NCC(C)C)n2)c(=O)n(C)c1=O. The second kappa shape index (κ2) is 6.99. The molecule has 0 aliphatic carbocycles. The Kier molecular flexibility index (Phi) is 5.25. The van der Waals surface area contributed by atoms with Crippen LogP contribution in [-0.2, 0) is 13.6 Å². The molecule has 126 valence electrons. The van der Waals surface area contributed by atoms with E-state index in [1.165, 1.54) is 23.0 Å². The topological polar surface area (TPSA) is 94.9 Å². The van der Waals surface area contributed by atoms with Gasteiger partial charge in [0.25, 0.3) is 5.56 Å². The van der Waals surface area contributed by atoms with Crippen LogP contribution in [0.3, 0.4) is 0 Å². The van der Waals surface area contributed by atoms with Crippen molar-refractivity contribution in [2.75, 3.05) is 17.6 Å². The van der Waals surface area contributed by atoms with E-state index in [1.807, 2.05) is 6.92 Å². The predicted molar refractivity (Wildman–Crippen MR) is 95.1 cm³/mol. The minimum absolute atomic E-state index is 0.181. The molecule has 0 spiro atoms. The molecule has 23 heavy (non-hydrogen) atoms. The summed E-state index contributed by atoms with van der Waals surface area (Å²) in [5, 5.41) is 5.76. The first-order valence-corrected chi connectivity index (χ1v) is 8.53. The number of nitrogens with one attached hydrogen (secondary N) is 1. The number of nitrogens with zero attached hydrogens (tertiary/aromatic N) is 3. The maximum Gasteiger partial charge on any atom is 0.332 e. The monoisotopic (exact) mass is 337 g/mol. The van der Waals surface area contributed by atoms with E-state index in [0.29, 0.717) is 18.2 Å². The molecule has 0 saturated carbocycles. The highest BCUT2D eigenvalue weighted by Gasteiger charge is 2.19. The summed E-state index contributed by atoms with van der Waals surface area (Å²) >= 11 is 1.42. The minimum Gasteiger partial charge on any atom is -0.384 e. The van der Waals surface area contributed by atoms with Gasteiger partial charge < -0.3 is 11.1 Å². The molecule has 0 saturated heterocycles. The second-order valence-corrected chi connectivity index (χ2v) is 6.73. The van der Waals surface area contributed by atoms with Crippen LogP contribution in [0.15, 0.2) is 15.0 Å². The molecule has 0 atom stereocenters. The molecule has 0 aromatic carbocycles. The molecule has 3 N–H and O–H groups in total. The average Bonchev–Trinajstić information content (AvgIpc) is 2.96. The third-order valence-electron chi connectivity index (χ3n) is 3.45. The van der Waals surface area contributed by atoms with E-state index in [1.54, 1.807) is 5.38 Å². The lowest BCUT2D eigenvalue weighted by Gasteiger charge is -2.13. The van der Waals surface area contributed by atoms with Gasteiger partial charge >= 0.3 is 5.69 Å². The first-order chi connectivity index (χ1) is 10.9. The van der Waals surface area contributed by atoms with E-state index in [4.69, 9.17) is 5.73 Å². The third kappa shape index (κ3) is 3.47. The summed E-state index contributed by atoms with van der Waals surface area (Å²) in [5.41, 5.74) is 6.07. The van der Waals surface area contributed by atoms with Crippen molar-refractivity contribution in [3.8, 4) is 11.3 Å². The third-order valence-corrected chi connectivity index (χ3v) is 4.25. The molecular formula is C15H23N5O2S. The number of hydrogen-bond donors (Lipinski definition) is 2. The summed E-state index contributed by atoms with van der Waals surface area (Å²) in [6.45, 7) is 7.43. The molecular weight excluding hydrogens is 314 g/mol. The van der Waals surface area contributed by atoms with Gasteiger partial charge in [0.1, 0.15) is 11.4 Å². The fraction of sp³-hybridized carbons (Fsp3) is 0.533. The average molecular weight is 337 g/mol. The Morgan fingerprint density at radius 3 is 2.70 bits per heavy atom. The minimum atomic E-state index is -0.416. The van der Waals surface area contributed by atoms with Gasteiger partial charge in [0, 0.05) is 25.5 Å². The molecule has 0 unspecified atom stereocenters. The number of aromatic nitrogens is 3. The molecule has 7 nitrogen and oxygen atoms in total. The largest absolute Gasteiger partial charge is 0.384 e. The van der Waals surface area contributed by atoms with Gasteiger partial charge in [-0.3, -0.25) is 13.9 Å². The molecule has 2 heterocycles. The van der Waals surface area contributed by atoms with Gasteiger partial charge in [-0.1, -0.05) is 20.8 Å². The quantitative estimate of drug-likeness (QED) is 0.837. The van der Waals surface area contributed by atoms with Crippen LogP contribution in [0.1, 0.15) is 27.2 Å². The zero-order valence-electron chi connectivity index (χ0n) is 13.9. The Hall–Kier alpha value is -2.09. The summed E-state index contributed by atoms with van der Waals surface area (Å²) in [6.07, 6.45) is 0.750. The number of nitrogen functional groups attached to an aromatic ring is 1. The normalized spacial score (nSPS) is 11.2.